The van der Waals surface area contributed by atoms with Crippen LogP contribution < -0.4 is 5.32 Å². The van der Waals surface area contributed by atoms with Crippen LogP contribution in [0.15, 0.2) is 42.5 Å². The number of sulfone groups is 1. The highest BCUT2D eigenvalue weighted by molar-refractivity contribution is 7.91. The molecular weight excluding hydrogens is 336 g/mol. The fourth-order valence-corrected chi connectivity index (χ4v) is 5.12. The summed E-state index contributed by atoms with van der Waals surface area (Å²) in [6.07, 6.45) is 0.716. The number of nitrogens with zero attached hydrogens (tertiary/aromatic N) is 3. The van der Waals surface area contributed by atoms with Crippen LogP contribution in [0.4, 0.5) is 5.82 Å². The van der Waals surface area contributed by atoms with E-state index in [4.69, 9.17) is 4.98 Å². The Morgan fingerprint density at radius 3 is 2.76 bits per heavy atom. The van der Waals surface area contributed by atoms with Gasteiger partial charge in [0.05, 0.1) is 22.9 Å². The van der Waals surface area contributed by atoms with Crippen molar-refractivity contribution < 1.29 is 8.42 Å². The second-order valence-electron chi connectivity index (χ2n) is 6.60. The number of anilines is 1. The van der Waals surface area contributed by atoms with Crippen molar-refractivity contribution in [3.63, 3.8) is 0 Å². The minimum Gasteiger partial charge on any atom is -0.370 e. The number of aromatic nitrogens is 3. The van der Waals surface area contributed by atoms with Gasteiger partial charge in [0.15, 0.2) is 15.5 Å². The van der Waals surface area contributed by atoms with Crippen LogP contribution in [-0.4, -0.2) is 41.1 Å². The molecule has 25 heavy (non-hydrogen) atoms. The van der Waals surface area contributed by atoms with Gasteiger partial charge in [0.1, 0.15) is 5.82 Å². The van der Waals surface area contributed by atoms with Crippen molar-refractivity contribution in [1.82, 2.24) is 14.6 Å². The Kier molecular flexibility index (Phi) is 3.95. The van der Waals surface area contributed by atoms with E-state index in [0.717, 1.165) is 28.4 Å². The molecule has 1 N–H and O–H groups in total. The summed E-state index contributed by atoms with van der Waals surface area (Å²) in [5.41, 5.74) is 3.58. The van der Waals surface area contributed by atoms with E-state index in [0.29, 0.717) is 18.7 Å². The minimum atomic E-state index is -2.86. The SMILES string of the molecule is Cc1cc2nc(-c3ccccc3)cc(NC[C@H]3CCS(=O)(=O)C3)n2n1. The Hall–Kier alpha value is -2.41. The maximum atomic E-state index is 11.7. The van der Waals surface area contributed by atoms with Gasteiger partial charge in [-0.05, 0) is 19.3 Å². The van der Waals surface area contributed by atoms with Crippen LogP contribution in [0.5, 0.6) is 0 Å². The quantitative estimate of drug-likeness (QED) is 0.777. The predicted octanol–water partition coefficient (Wildman–Crippen LogP) is 2.55. The molecule has 3 aromatic rings. The number of fused-ring (bicyclic) bond motifs is 1. The smallest absolute Gasteiger partial charge is 0.158 e. The number of rotatable bonds is 4. The first kappa shape index (κ1) is 16.1. The number of hydrogen-bond acceptors (Lipinski definition) is 5. The Morgan fingerprint density at radius 1 is 1.24 bits per heavy atom. The molecule has 2 aromatic heterocycles. The second-order valence-corrected chi connectivity index (χ2v) is 8.83. The molecule has 1 fully saturated rings. The number of benzene rings is 1. The van der Waals surface area contributed by atoms with Crippen LogP contribution in [0, 0.1) is 12.8 Å². The van der Waals surface area contributed by atoms with Gasteiger partial charge in [0.2, 0.25) is 0 Å². The Morgan fingerprint density at radius 2 is 2.04 bits per heavy atom. The van der Waals surface area contributed by atoms with E-state index in [1.807, 2.05) is 49.4 Å². The molecule has 1 saturated heterocycles. The van der Waals surface area contributed by atoms with E-state index >= 15 is 0 Å². The van der Waals surface area contributed by atoms with Crippen LogP contribution in [0.25, 0.3) is 16.9 Å². The molecule has 7 heteroatoms. The van der Waals surface area contributed by atoms with E-state index in [1.165, 1.54) is 0 Å². The molecule has 130 valence electrons. The van der Waals surface area contributed by atoms with Gasteiger partial charge in [0.25, 0.3) is 0 Å². The van der Waals surface area contributed by atoms with Gasteiger partial charge in [-0.3, -0.25) is 0 Å². The molecule has 4 rings (SSSR count). The zero-order chi connectivity index (χ0) is 17.4. The first-order valence-corrected chi connectivity index (χ1v) is 10.2. The summed E-state index contributed by atoms with van der Waals surface area (Å²) in [7, 11) is -2.86. The van der Waals surface area contributed by atoms with E-state index in [2.05, 4.69) is 10.4 Å². The zero-order valence-corrected chi connectivity index (χ0v) is 14.8. The van der Waals surface area contributed by atoms with Crippen molar-refractivity contribution in [2.24, 2.45) is 5.92 Å². The lowest BCUT2D eigenvalue weighted by molar-refractivity contribution is 0.595. The summed E-state index contributed by atoms with van der Waals surface area (Å²) in [5.74, 6) is 1.53. The van der Waals surface area contributed by atoms with Crippen LogP contribution in [-0.2, 0) is 9.84 Å². The average Bonchev–Trinajstić information content (AvgIpc) is 3.14. The maximum Gasteiger partial charge on any atom is 0.158 e. The molecule has 0 unspecified atom stereocenters. The van der Waals surface area contributed by atoms with Gasteiger partial charge < -0.3 is 5.32 Å². The van der Waals surface area contributed by atoms with Crippen molar-refractivity contribution in [3.8, 4) is 11.3 Å². The van der Waals surface area contributed by atoms with E-state index in [9.17, 15) is 8.42 Å². The summed E-state index contributed by atoms with van der Waals surface area (Å²) in [5, 5.41) is 7.88. The molecular formula is C18H20N4O2S. The topological polar surface area (TPSA) is 76.4 Å². The third-order valence-corrected chi connectivity index (χ3v) is 6.35. The van der Waals surface area contributed by atoms with E-state index in [-0.39, 0.29) is 11.7 Å². The molecule has 0 radical (unpaired) electrons. The number of aryl methyl sites for hydroxylation is 1. The molecule has 0 amide bonds. The summed E-state index contributed by atoms with van der Waals surface area (Å²) < 4.78 is 25.1. The third-order valence-electron chi connectivity index (χ3n) is 4.52. The molecule has 0 aliphatic carbocycles. The summed E-state index contributed by atoms with van der Waals surface area (Å²) in [6.45, 7) is 2.55. The van der Waals surface area contributed by atoms with Crippen molar-refractivity contribution in [2.75, 3.05) is 23.4 Å². The molecule has 1 atom stereocenters. The summed E-state index contributed by atoms with van der Waals surface area (Å²) in [6, 6.07) is 13.9. The van der Waals surface area contributed by atoms with Gasteiger partial charge in [-0.2, -0.15) is 9.61 Å². The van der Waals surface area contributed by atoms with Crippen molar-refractivity contribution >= 4 is 21.3 Å². The van der Waals surface area contributed by atoms with Gasteiger partial charge >= 0.3 is 0 Å². The Balaban J connectivity index is 1.67. The fraction of sp³-hybridized carbons (Fsp3) is 0.333. The first-order valence-electron chi connectivity index (χ1n) is 8.37. The van der Waals surface area contributed by atoms with Gasteiger partial charge in [-0.1, -0.05) is 30.3 Å². The molecule has 1 aromatic carbocycles. The summed E-state index contributed by atoms with van der Waals surface area (Å²) in [4.78, 5) is 4.69. The molecule has 3 heterocycles. The van der Waals surface area contributed by atoms with Crippen molar-refractivity contribution in [3.05, 3.63) is 48.2 Å². The third kappa shape index (κ3) is 3.37. The number of hydrogen-bond donors (Lipinski definition) is 1. The van der Waals surface area contributed by atoms with Crippen molar-refractivity contribution in [1.29, 1.82) is 0 Å². The van der Waals surface area contributed by atoms with E-state index in [1.54, 1.807) is 4.52 Å². The average molecular weight is 356 g/mol. The standard InChI is InChI=1S/C18H20N4O2S/c1-13-9-18-20-16(15-5-3-2-4-6-15)10-17(22(18)21-13)19-11-14-7-8-25(23,24)12-14/h2-6,9-10,14,19H,7-8,11-12H2,1H3/t14-/m1/s1. The van der Waals surface area contributed by atoms with Gasteiger partial charge in [0, 0.05) is 24.2 Å². The Labute approximate surface area is 146 Å². The van der Waals surface area contributed by atoms with Crippen LogP contribution in [0.1, 0.15) is 12.1 Å². The minimum absolute atomic E-state index is 0.144. The molecule has 1 aliphatic rings. The lowest BCUT2D eigenvalue weighted by atomic mass is 10.1. The number of nitrogens with one attached hydrogen (secondary N) is 1. The largest absolute Gasteiger partial charge is 0.370 e. The second kappa shape index (κ2) is 6.15. The van der Waals surface area contributed by atoms with E-state index < -0.39 is 9.84 Å². The fourth-order valence-electron chi connectivity index (χ4n) is 3.25. The highest BCUT2D eigenvalue weighted by Crippen LogP contribution is 2.24. The monoisotopic (exact) mass is 356 g/mol. The lowest BCUT2D eigenvalue weighted by Gasteiger charge is -2.13. The first-order chi connectivity index (χ1) is 12.0. The lowest BCUT2D eigenvalue weighted by Crippen LogP contribution is -2.17. The molecule has 6 nitrogen and oxygen atoms in total. The zero-order valence-electron chi connectivity index (χ0n) is 14.0. The predicted molar refractivity (Wildman–Crippen MR) is 98.4 cm³/mol. The summed E-state index contributed by atoms with van der Waals surface area (Å²) >= 11 is 0. The Bertz CT molecular complexity index is 1010. The van der Waals surface area contributed by atoms with Crippen LogP contribution in [0.2, 0.25) is 0 Å². The highest BCUT2D eigenvalue weighted by atomic mass is 32.2. The molecule has 0 spiro atoms. The van der Waals surface area contributed by atoms with Gasteiger partial charge in [-0.15, -0.1) is 0 Å². The van der Waals surface area contributed by atoms with Crippen LogP contribution in [0.3, 0.4) is 0 Å². The molecule has 0 saturated carbocycles. The van der Waals surface area contributed by atoms with Crippen LogP contribution >= 0.6 is 0 Å². The molecule has 1 aliphatic heterocycles. The maximum absolute atomic E-state index is 11.7. The highest BCUT2D eigenvalue weighted by Gasteiger charge is 2.27. The normalized spacial score (nSPS) is 19.3. The van der Waals surface area contributed by atoms with Crippen molar-refractivity contribution in [2.45, 2.75) is 13.3 Å². The van der Waals surface area contributed by atoms with Gasteiger partial charge in [-0.25, -0.2) is 13.4 Å². The molecule has 0 bridgehead atoms.